The van der Waals surface area contributed by atoms with Crippen LogP contribution in [0.15, 0.2) is 18.2 Å². The monoisotopic (exact) mass is 197 g/mol. The maximum atomic E-state index is 13.5. The number of benzene rings is 1. The molecule has 0 saturated heterocycles. The summed E-state index contributed by atoms with van der Waals surface area (Å²) < 4.78 is 27.1. The van der Waals surface area contributed by atoms with E-state index >= 15 is 0 Å². The predicted octanol–water partition coefficient (Wildman–Crippen LogP) is 3.29. The lowest BCUT2D eigenvalue weighted by Crippen LogP contribution is -2.12. The SMILES string of the molecule is Cc1ccc2c(c1)NCCCC2(F)F. The van der Waals surface area contributed by atoms with E-state index in [1.807, 2.05) is 6.92 Å². The first kappa shape index (κ1) is 9.44. The average Bonchev–Trinajstić information content (AvgIpc) is 2.25. The second-order valence-electron chi connectivity index (χ2n) is 3.78. The molecule has 0 aliphatic carbocycles. The molecule has 0 unspecified atom stereocenters. The van der Waals surface area contributed by atoms with Gasteiger partial charge < -0.3 is 5.32 Å². The van der Waals surface area contributed by atoms with Crippen molar-refractivity contribution in [3.63, 3.8) is 0 Å². The van der Waals surface area contributed by atoms with Crippen molar-refractivity contribution in [2.24, 2.45) is 0 Å². The molecule has 0 atom stereocenters. The van der Waals surface area contributed by atoms with Crippen LogP contribution >= 0.6 is 0 Å². The quantitative estimate of drug-likeness (QED) is 0.673. The Kier molecular flexibility index (Phi) is 2.17. The average molecular weight is 197 g/mol. The molecule has 1 nitrogen and oxygen atoms in total. The van der Waals surface area contributed by atoms with Crippen molar-refractivity contribution >= 4 is 5.69 Å². The van der Waals surface area contributed by atoms with E-state index in [1.165, 1.54) is 6.07 Å². The predicted molar refractivity (Wildman–Crippen MR) is 52.8 cm³/mol. The van der Waals surface area contributed by atoms with Crippen molar-refractivity contribution in [3.05, 3.63) is 29.3 Å². The van der Waals surface area contributed by atoms with Crippen molar-refractivity contribution in [2.45, 2.75) is 25.7 Å². The highest BCUT2D eigenvalue weighted by Crippen LogP contribution is 2.39. The number of halogens is 2. The third-order valence-corrected chi connectivity index (χ3v) is 2.55. The van der Waals surface area contributed by atoms with Crippen LogP contribution in [-0.4, -0.2) is 6.54 Å². The van der Waals surface area contributed by atoms with E-state index in [0.717, 1.165) is 5.56 Å². The lowest BCUT2D eigenvalue weighted by atomic mass is 10.0. The number of fused-ring (bicyclic) bond motifs is 1. The molecule has 1 aromatic rings. The van der Waals surface area contributed by atoms with Gasteiger partial charge in [0.25, 0.3) is 5.92 Å². The van der Waals surface area contributed by atoms with Crippen LogP contribution in [0.5, 0.6) is 0 Å². The van der Waals surface area contributed by atoms with Crippen molar-refractivity contribution in [3.8, 4) is 0 Å². The summed E-state index contributed by atoms with van der Waals surface area (Å²) in [6.07, 6.45) is 0.455. The molecule has 76 valence electrons. The van der Waals surface area contributed by atoms with Crippen molar-refractivity contribution in [1.82, 2.24) is 0 Å². The fourth-order valence-electron chi connectivity index (χ4n) is 1.79. The van der Waals surface area contributed by atoms with Crippen LogP contribution in [0.4, 0.5) is 14.5 Å². The lowest BCUT2D eigenvalue weighted by Gasteiger charge is -2.16. The molecule has 1 aromatic carbocycles. The number of rotatable bonds is 0. The van der Waals surface area contributed by atoms with Gasteiger partial charge in [-0.1, -0.05) is 12.1 Å². The second-order valence-corrected chi connectivity index (χ2v) is 3.78. The third kappa shape index (κ3) is 1.59. The zero-order chi connectivity index (χ0) is 10.2. The van der Waals surface area contributed by atoms with Gasteiger partial charge in [-0.2, -0.15) is 0 Å². The normalized spacial score (nSPS) is 19.4. The van der Waals surface area contributed by atoms with E-state index in [4.69, 9.17) is 0 Å². The largest absolute Gasteiger partial charge is 0.385 e. The van der Waals surface area contributed by atoms with Gasteiger partial charge in [0.05, 0.1) is 0 Å². The van der Waals surface area contributed by atoms with Gasteiger partial charge in [0, 0.05) is 24.2 Å². The van der Waals surface area contributed by atoms with Gasteiger partial charge in [-0.3, -0.25) is 0 Å². The number of nitrogens with one attached hydrogen (secondary N) is 1. The Morgan fingerprint density at radius 2 is 2.14 bits per heavy atom. The van der Waals surface area contributed by atoms with Gasteiger partial charge in [-0.25, -0.2) is 8.78 Å². The Labute approximate surface area is 82.1 Å². The van der Waals surface area contributed by atoms with Crippen molar-refractivity contribution in [1.29, 1.82) is 0 Å². The smallest absolute Gasteiger partial charge is 0.275 e. The van der Waals surface area contributed by atoms with E-state index < -0.39 is 5.92 Å². The molecule has 0 spiro atoms. The highest BCUT2D eigenvalue weighted by molar-refractivity contribution is 5.55. The summed E-state index contributed by atoms with van der Waals surface area (Å²) in [5.74, 6) is -2.67. The molecule has 0 bridgehead atoms. The molecule has 0 saturated carbocycles. The number of hydrogen-bond acceptors (Lipinski definition) is 1. The zero-order valence-corrected chi connectivity index (χ0v) is 8.11. The molecule has 0 amide bonds. The van der Waals surface area contributed by atoms with Crippen LogP contribution in [0.25, 0.3) is 0 Å². The fourth-order valence-corrected chi connectivity index (χ4v) is 1.79. The molecule has 0 aromatic heterocycles. The van der Waals surface area contributed by atoms with Gasteiger partial charge in [0.2, 0.25) is 0 Å². The van der Waals surface area contributed by atoms with E-state index in [2.05, 4.69) is 5.32 Å². The van der Waals surface area contributed by atoms with Crippen molar-refractivity contribution in [2.75, 3.05) is 11.9 Å². The molecule has 3 heteroatoms. The summed E-state index contributed by atoms with van der Waals surface area (Å²) >= 11 is 0. The van der Waals surface area contributed by atoms with Crippen LogP contribution in [0.2, 0.25) is 0 Å². The Hall–Kier alpha value is -1.12. The number of aryl methyl sites for hydroxylation is 1. The summed E-state index contributed by atoms with van der Waals surface area (Å²) in [6.45, 7) is 2.54. The Morgan fingerprint density at radius 1 is 1.36 bits per heavy atom. The minimum Gasteiger partial charge on any atom is -0.385 e. The van der Waals surface area contributed by atoms with E-state index in [0.29, 0.717) is 18.7 Å². The number of hydrogen-bond donors (Lipinski definition) is 1. The summed E-state index contributed by atoms with van der Waals surface area (Å²) in [6, 6.07) is 5.05. The van der Waals surface area contributed by atoms with E-state index in [9.17, 15) is 8.78 Å². The maximum absolute atomic E-state index is 13.5. The first-order valence-electron chi connectivity index (χ1n) is 4.82. The summed E-state index contributed by atoms with van der Waals surface area (Å²) in [7, 11) is 0. The topological polar surface area (TPSA) is 12.0 Å². The third-order valence-electron chi connectivity index (χ3n) is 2.55. The number of anilines is 1. The Bertz CT molecular complexity index is 347. The summed E-state index contributed by atoms with van der Waals surface area (Å²) in [4.78, 5) is 0. The molecule has 1 aliphatic rings. The molecule has 1 heterocycles. The maximum Gasteiger partial charge on any atom is 0.275 e. The minimum atomic E-state index is -2.67. The summed E-state index contributed by atoms with van der Waals surface area (Å²) in [5.41, 5.74) is 1.74. The molecule has 14 heavy (non-hydrogen) atoms. The van der Waals surface area contributed by atoms with Gasteiger partial charge in [-0.05, 0) is 25.0 Å². The first-order valence-corrected chi connectivity index (χ1v) is 4.82. The van der Waals surface area contributed by atoms with Crippen LogP contribution in [0.1, 0.15) is 24.0 Å². The molecule has 0 radical (unpaired) electrons. The van der Waals surface area contributed by atoms with Crippen LogP contribution < -0.4 is 5.32 Å². The van der Waals surface area contributed by atoms with Crippen molar-refractivity contribution < 1.29 is 8.78 Å². The molecule has 0 fully saturated rings. The Balaban J connectivity index is 2.50. The van der Waals surface area contributed by atoms with E-state index in [-0.39, 0.29) is 12.0 Å². The Morgan fingerprint density at radius 3 is 2.93 bits per heavy atom. The molecule has 2 rings (SSSR count). The number of alkyl halides is 2. The first-order chi connectivity index (χ1) is 6.59. The molecular weight excluding hydrogens is 184 g/mol. The van der Waals surface area contributed by atoms with Crippen LogP contribution in [0.3, 0.4) is 0 Å². The van der Waals surface area contributed by atoms with Gasteiger partial charge in [-0.15, -0.1) is 0 Å². The standard InChI is InChI=1S/C11H13F2N/c1-8-3-4-9-10(7-8)14-6-2-5-11(9,12)13/h3-4,7,14H,2,5-6H2,1H3. The van der Waals surface area contributed by atoms with Gasteiger partial charge >= 0.3 is 0 Å². The zero-order valence-electron chi connectivity index (χ0n) is 8.11. The fraction of sp³-hybridized carbons (Fsp3) is 0.455. The summed E-state index contributed by atoms with van der Waals surface area (Å²) in [5, 5.41) is 3.04. The lowest BCUT2D eigenvalue weighted by molar-refractivity contribution is -0.0120. The molecule has 1 aliphatic heterocycles. The highest BCUT2D eigenvalue weighted by atomic mass is 19.3. The minimum absolute atomic E-state index is 0.0595. The molecule has 1 N–H and O–H groups in total. The van der Waals surface area contributed by atoms with Crippen LogP contribution in [0, 0.1) is 6.92 Å². The van der Waals surface area contributed by atoms with Crippen LogP contribution in [-0.2, 0) is 5.92 Å². The van der Waals surface area contributed by atoms with Gasteiger partial charge in [0.15, 0.2) is 0 Å². The molecular formula is C11H13F2N. The second kappa shape index (κ2) is 3.23. The van der Waals surface area contributed by atoms with Gasteiger partial charge in [0.1, 0.15) is 0 Å². The van der Waals surface area contributed by atoms with E-state index in [1.54, 1.807) is 12.1 Å². The highest BCUT2D eigenvalue weighted by Gasteiger charge is 2.34.